The van der Waals surface area contributed by atoms with Crippen LogP contribution in [0, 0.1) is 0 Å². The van der Waals surface area contributed by atoms with Gasteiger partial charge in [-0.3, -0.25) is 0 Å². The first-order valence-electron chi connectivity index (χ1n) is 21.7. The summed E-state index contributed by atoms with van der Waals surface area (Å²) in [6, 6.07) is 82.2. The third-order valence-electron chi connectivity index (χ3n) is 12.8. The number of anilines is 3. The van der Waals surface area contributed by atoms with Gasteiger partial charge in [0, 0.05) is 60.6 Å². The van der Waals surface area contributed by atoms with Crippen LogP contribution in [0.15, 0.2) is 239 Å². The number of rotatable bonds is 7. The fourth-order valence-corrected chi connectivity index (χ4v) is 9.83. The highest BCUT2D eigenvalue weighted by Crippen LogP contribution is 2.45. The Labute approximate surface area is 369 Å². The molecule has 300 valence electrons. The van der Waals surface area contributed by atoms with Gasteiger partial charge in [0.05, 0.1) is 11.0 Å². The summed E-state index contributed by atoms with van der Waals surface area (Å²) in [7, 11) is 0. The van der Waals surface area contributed by atoms with E-state index in [1.807, 2.05) is 18.2 Å². The van der Waals surface area contributed by atoms with Crippen molar-refractivity contribution < 1.29 is 8.83 Å². The SMILES string of the molecule is c1ccc(-c2ccc(N(c3ccc(-c4cccc5oc6ccccc6c45)cc3)c3cc(-c4ccc(-n5c6ccccc6c6ccccc65)cc4)c4oc5ccccc5c4c3)cc2)cc1. The largest absolute Gasteiger partial charge is 0.456 e. The Balaban J connectivity index is 0.984. The zero-order valence-corrected chi connectivity index (χ0v) is 34.7. The van der Waals surface area contributed by atoms with Crippen molar-refractivity contribution in [1.82, 2.24) is 4.57 Å². The summed E-state index contributed by atoms with van der Waals surface area (Å²) in [6.45, 7) is 0. The summed E-state index contributed by atoms with van der Waals surface area (Å²) in [6.07, 6.45) is 0. The molecule has 0 bridgehead atoms. The second-order valence-electron chi connectivity index (χ2n) is 16.5. The first-order valence-corrected chi connectivity index (χ1v) is 21.7. The van der Waals surface area contributed by atoms with Crippen molar-refractivity contribution in [3.63, 3.8) is 0 Å². The van der Waals surface area contributed by atoms with E-state index in [9.17, 15) is 0 Å². The highest BCUT2D eigenvalue weighted by Gasteiger charge is 2.21. The fourth-order valence-electron chi connectivity index (χ4n) is 9.83. The number of nitrogens with zero attached hydrogens (tertiary/aromatic N) is 2. The summed E-state index contributed by atoms with van der Waals surface area (Å²) in [5.74, 6) is 0. The normalized spacial score (nSPS) is 11.8. The molecule has 0 aliphatic heterocycles. The molecule has 4 nitrogen and oxygen atoms in total. The molecule has 0 saturated carbocycles. The van der Waals surface area contributed by atoms with E-state index in [4.69, 9.17) is 8.83 Å². The number of hydrogen-bond acceptors (Lipinski definition) is 3. The lowest BCUT2D eigenvalue weighted by Gasteiger charge is -2.27. The van der Waals surface area contributed by atoms with Gasteiger partial charge in [-0.15, -0.1) is 0 Å². The predicted molar refractivity (Wildman–Crippen MR) is 266 cm³/mol. The topological polar surface area (TPSA) is 34.5 Å². The molecule has 0 aliphatic rings. The zero-order valence-electron chi connectivity index (χ0n) is 34.7. The third kappa shape index (κ3) is 5.77. The third-order valence-corrected chi connectivity index (χ3v) is 12.8. The standard InChI is InChI=1S/C60H38N2O2/c1-2-13-39(14-3-1)40-25-31-43(32-26-40)61(44-33-27-41(28-34-44)47-19-12-24-58-59(47)51-18-7-11-23-57(51)63-58)46-37-52(60-53(38-46)50-17-6-10-22-56(50)64-60)42-29-35-45(36-30-42)62-54-20-8-4-15-48(54)49-16-5-9-21-55(49)62/h1-38H. The molecule has 13 rings (SSSR count). The van der Waals surface area contributed by atoms with Gasteiger partial charge in [0.25, 0.3) is 0 Å². The molecule has 0 spiro atoms. The molecule has 0 unspecified atom stereocenters. The average Bonchev–Trinajstić information content (AvgIpc) is 4.05. The molecular weight excluding hydrogens is 781 g/mol. The monoisotopic (exact) mass is 818 g/mol. The smallest absolute Gasteiger partial charge is 0.143 e. The van der Waals surface area contributed by atoms with E-state index >= 15 is 0 Å². The molecule has 3 aromatic heterocycles. The second kappa shape index (κ2) is 14.5. The highest BCUT2D eigenvalue weighted by atomic mass is 16.3. The molecule has 4 heteroatoms. The summed E-state index contributed by atoms with van der Waals surface area (Å²) < 4.78 is 15.4. The molecule has 0 amide bonds. The van der Waals surface area contributed by atoms with Crippen LogP contribution in [0.4, 0.5) is 17.1 Å². The number of aromatic nitrogens is 1. The van der Waals surface area contributed by atoms with Crippen molar-refractivity contribution >= 4 is 82.7 Å². The molecule has 0 aliphatic carbocycles. The average molecular weight is 819 g/mol. The van der Waals surface area contributed by atoms with Crippen molar-refractivity contribution in [2.45, 2.75) is 0 Å². The van der Waals surface area contributed by atoms with Crippen molar-refractivity contribution in [3.05, 3.63) is 231 Å². The van der Waals surface area contributed by atoms with Gasteiger partial charge in [-0.25, -0.2) is 0 Å². The summed E-state index contributed by atoms with van der Waals surface area (Å²) in [4.78, 5) is 2.36. The number of benzene rings is 10. The van der Waals surface area contributed by atoms with E-state index in [1.165, 1.54) is 32.9 Å². The van der Waals surface area contributed by atoms with Crippen LogP contribution in [-0.4, -0.2) is 4.57 Å². The Bertz CT molecular complexity index is 3820. The molecular formula is C60H38N2O2. The maximum atomic E-state index is 6.76. The lowest BCUT2D eigenvalue weighted by molar-refractivity contribution is 0.669. The van der Waals surface area contributed by atoms with Gasteiger partial charge >= 0.3 is 0 Å². The van der Waals surface area contributed by atoms with Gasteiger partial charge in [-0.2, -0.15) is 0 Å². The van der Waals surface area contributed by atoms with Gasteiger partial charge in [-0.05, 0) is 107 Å². The van der Waals surface area contributed by atoms with E-state index in [-0.39, 0.29) is 0 Å². The van der Waals surface area contributed by atoms with E-state index in [0.29, 0.717) is 0 Å². The second-order valence-corrected chi connectivity index (χ2v) is 16.5. The Kier molecular flexibility index (Phi) is 8.18. The van der Waals surface area contributed by atoms with E-state index in [2.05, 4.69) is 222 Å². The molecule has 0 radical (unpaired) electrons. The maximum absolute atomic E-state index is 6.76. The van der Waals surface area contributed by atoms with Gasteiger partial charge in [0.2, 0.25) is 0 Å². The van der Waals surface area contributed by atoms with Crippen molar-refractivity contribution in [1.29, 1.82) is 0 Å². The molecule has 3 heterocycles. The molecule has 64 heavy (non-hydrogen) atoms. The van der Waals surface area contributed by atoms with E-state index in [1.54, 1.807) is 0 Å². The Hall–Kier alpha value is -8.60. The first-order chi connectivity index (χ1) is 31.7. The Morgan fingerprint density at radius 2 is 0.828 bits per heavy atom. The maximum Gasteiger partial charge on any atom is 0.143 e. The van der Waals surface area contributed by atoms with Crippen LogP contribution in [0.3, 0.4) is 0 Å². The van der Waals surface area contributed by atoms with Crippen molar-refractivity contribution in [3.8, 4) is 39.1 Å². The first kappa shape index (κ1) is 36.1. The predicted octanol–water partition coefficient (Wildman–Crippen LogP) is 17.1. The van der Waals surface area contributed by atoms with Crippen LogP contribution in [0.5, 0.6) is 0 Å². The van der Waals surface area contributed by atoms with Gasteiger partial charge in [-0.1, -0.05) is 152 Å². The molecule has 13 aromatic rings. The van der Waals surface area contributed by atoms with Crippen LogP contribution in [-0.2, 0) is 0 Å². The number of fused-ring (bicyclic) bond motifs is 9. The van der Waals surface area contributed by atoms with Crippen LogP contribution < -0.4 is 4.90 Å². The number of hydrogen-bond donors (Lipinski definition) is 0. The van der Waals surface area contributed by atoms with Crippen LogP contribution >= 0.6 is 0 Å². The molecule has 0 N–H and O–H groups in total. The minimum atomic E-state index is 0.863. The van der Waals surface area contributed by atoms with Crippen molar-refractivity contribution in [2.24, 2.45) is 0 Å². The van der Waals surface area contributed by atoms with Gasteiger partial charge in [0.1, 0.15) is 22.3 Å². The molecule has 10 aromatic carbocycles. The quantitative estimate of drug-likeness (QED) is 0.161. The van der Waals surface area contributed by atoms with Crippen LogP contribution in [0.25, 0.3) is 105 Å². The minimum absolute atomic E-state index is 0.863. The molecule has 0 saturated heterocycles. The molecule has 0 atom stereocenters. The fraction of sp³-hybridized carbons (Fsp3) is 0. The number of para-hydroxylation sites is 4. The lowest BCUT2D eigenvalue weighted by atomic mass is 9.98. The molecule has 0 fully saturated rings. The van der Waals surface area contributed by atoms with E-state index < -0.39 is 0 Å². The van der Waals surface area contributed by atoms with Gasteiger partial charge < -0.3 is 18.3 Å². The zero-order chi connectivity index (χ0) is 42.1. The minimum Gasteiger partial charge on any atom is -0.456 e. The lowest BCUT2D eigenvalue weighted by Crippen LogP contribution is -2.10. The Morgan fingerprint density at radius 3 is 1.52 bits per heavy atom. The number of furan rings is 2. The summed E-state index contributed by atoms with van der Waals surface area (Å²) >= 11 is 0. The van der Waals surface area contributed by atoms with Crippen LogP contribution in [0.2, 0.25) is 0 Å². The summed E-state index contributed by atoms with van der Waals surface area (Å²) in [5.41, 5.74) is 16.8. The summed E-state index contributed by atoms with van der Waals surface area (Å²) in [5, 5.41) is 6.89. The Morgan fingerprint density at radius 1 is 0.312 bits per heavy atom. The van der Waals surface area contributed by atoms with Crippen LogP contribution in [0.1, 0.15) is 0 Å². The van der Waals surface area contributed by atoms with Gasteiger partial charge in [0.15, 0.2) is 0 Å². The van der Waals surface area contributed by atoms with E-state index in [0.717, 1.165) is 88.9 Å². The highest BCUT2D eigenvalue weighted by molar-refractivity contribution is 6.14. The van der Waals surface area contributed by atoms with Crippen molar-refractivity contribution in [2.75, 3.05) is 4.90 Å².